The SMILES string of the molecule is c1ccc(N2c3ccccc3N(c3ccc(-c4nc5c(s4)-c4cccc6cccc-5c46)cc3)c3cc4ccccc4cc32)cc1. The van der Waals surface area contributed by atoms with Crippen molar-refractivity contribution < 1.29 is 0 Å². The first-order chi connectivity index (χ1) is 22.3. The van der Waals surface area contributed by atoms with E-state index < -0.39 is 0 Å². The standard InChI is InChI=1S/C41H25N3S/c1-2-14-30(15-3-1)43-34-18-6-7-19-35(34)44(37-25-29-11-5-4-10-28(29)24-36(37)43)31-22-20-27(21-23-31)41-42-39-32-16-8-12-26-13-9-17-33(38(26)32)40(39)45-41/h1-25H. The van der Waals surface area contributed by atoms with Crippen LogP contribution in [0.15, 0.2) is 152 Å². The zero-order valence-corrected chi connectivity index (χ0v) is 25.0. The average Bonchev–Trinajstić information content (AvgIpc) is 3.67. The Bertz CT molecular complexity index is 2390. The molecule has 1 aliphatic heterocycles. The summed E-state index contributed by atoms with van der Waals surface area (Å²) in [4.78, 5) is 11.3. The van der Waals surface area contributed by atoms with Crippen molar-refractivity contribution in [2.24, 2.45) is 0 Å². The molecule has 0 fully saturated rings. The number of fused-ring (bicyclic) bond motifs is 6. The lowest BCUT2D eigenvalue weighted by atomic mass is 10.0. The minimum absolute atomic E-state index is 1.05. The van der Waals surface area contributed by atoms with E-state index in [2.05, 4.69) is 161 Å². The van der Waals surface area contributed by atoms with E-state index in [-0.39, 0.29) is 0 Å². The minimum atomic E-state index is 1.05. The molecular formula is C41H25N3S. The number of anilines is 6. The van der Waals surface area contributed by atoms with Crippen LogP contribution in [0.5, 0.6) is 0 Å². The number of thiazole rings is 1. The lowest BCUT2D eigenvalue weighted by molar-refractivity contribution is 1.17. The van der Waals surface area contributed by atoms with Gasteiger partial charge in [0.2, 0.25) is 0 Å². The second-order valence-corrected chi connectivity index (χ2v) is 12.6. The summed E-state index contributed by atoms with van der Waals surface area (Å²) in [6.07, 6.45) is 0. The molecule has 0 amide bonds. The predicted molar refractivity (Wildman–Crippen MR) is 190 cm³/mol. The summed E-state index contributed by atoms with van der Waals surface area (Å²) in [5.74, 6) is 0. The topological polar surface area (TPSA) is 19.4 Å². The number of aromatic nitrogens is 1. The Morgan fingerprint density at radius 1 is 0.444 bits per heavy atom. The molecule has 2 heterocycles. The molecular weight excluding hydrogens is 567 g/mol. The molecule has 7 aromatic carbocycles. The van der Waals surface area contributed by atoms with Crippen LogP contribution in [-0.4, -0.2) is 4.98 Å². The molecule has 2 aliphatic rings. The van der Waals surface area contributed by atoms with Crippen LogP contribution < -0.4 is 9.80 Å². The maximum Gasteiger partial charge on any atom is 0.124 e. The van der Waals surface area contributed by atoms with Crippen LogP contribution in [0.1, 0.15) is 0 Å². The van der Waals surface area contributed by atoms with E-state index in [1.807, 2.05) is 0 Å². The van der Waals surface area contributed by atoms with Crippen molar-refractivity contribution in [2.75, 3.05) is 9.80 Å². The summed E-state index contributed by atoms with van der Waals surface area (Å²) in [7, 11) is 0. The first-order valence-electron chi connectivity index (χ1n) is 15.2. The van der Waals surface area contributed by atoms with Crippen LogP contribution in [-0.2, 0) is 0 Å². The van der Waals surface area contributed by atoms with Gasteiger partial charge < -0.3 is 9.80 Å². The fraction of sp³-hybridized carbons (Fsp3) is 0. The number of para-hydroxylation sites is 3. The minimum Gasteiger partial charge on any atom is -0.306 e. The van der Waals surface area contributed by atoms with Gasteiger partial charge in [0.1, 0.15) is 5.01 Å². The van der Waals surface area contributed by atoms with Crippen molar-refractivity contribution in [1.82, 2.24) is 4.98 Å². The van der Waals surface area contributed by atoms with E-state index in [0.29, 0.717) is 0 Å². The van der Waals surface area contributed by atoms with Crippen molar-refractivity contribution in [3.63, 3.8) is 0 Å². The van der Waals surface area contributed by atoms with E-state index in [1.165, 1.54) is 37.5 Å². The third-order valence-corrected chi connectivity index (χ3v) is 10.2. The van der Waals surface area contributed by atoms with E-state index in [0.717, 1.165) is 50.4 Å². The zero-order valence-electron chi connectivity index (χ0n) is 24.2. The third-order valence-electron chi connectivity index (χ3n) is 9.11. The molecule has 3 nitrogen and oxygen atoms in total. The molecule has 0 unspecified atom stereocenters. The van der Waals surface area contributed by atoms with Gasteiger partial charge in [-0.2, -0.15) is 0 Å². The molecule has 45 heavy (non-hydrogen) atoms. The van der Waals surface area contributed by atoms with Crippen molar-refractivity contribution in [3.8, 4) is 32.3 Å². The van der Waals surface area contributed by atoms with E-state index >= 15 is 0 Å². The van der Waals surface area contributed by atoms with Crippen LogP contribution in [0.2, 0.25) is 0 Å². The van der Waals surface area contributed by atoms with E-state index in [9.17, 15) is 0 Å². The van der Waals surface area contributed by atoms with Gasteiger partial charge in [-0.3, -0.25) is 0 Å². The first kappa shape index (κ1) is 24.7. The van der Waals surface area contributed by atoms with Gasteiger partial charge in [0, 0.05) is 28.1 Å². The summed E-state index contributed by atoms with van der Waals surface area (Å²) >= 11 is 1.79. The largest absolute Gasteiger partial charge is 0.306 e. The molecule has 0 bridgehead atoms. The van der Waals surface area contributed by atoms with E-state index in [4.69, 9.17) is 4.98 Å². The quantitative estimate of drug-likeness (QED) is 0.204. The van der Waals surface area contributed by atoms with Crippen molar-refractivity contribution >= 4 is 67.0 Å². The summed E-state index contributed by atoms with van der Waals surface area (Å²) in [6, 6.07) is 54.7. The summed E-state index contributed by atoms with van der Waals surface area (Å²) in [6.45, 7) is 0. The lowest BCUT2D eigenvalue weighted by Crippen LogP contribution is -2.24. The molecule has 8 aromatic rings. The normalized spacial score (nSPS) is 12.8. The van der Waals surface area contributed by atoms with Crippen LogP contribution in [0, 0.1) is 0 Å². The molecule has 10 rings (SSSR count). The van der Waals surface area contributed by atoms with Gasteiger partial charge in [-0.25, -0.2) is 4.98 Å². The lowest BCUT2D eigenvalue weighted by Gasteiger charge is -2.40. The molecule has 210 valence electrons. The van der Waals surface area contributed by atoms with Crippen molar-refractivity contribution in [3.05, 3.63) is 152 Å². The van der Waals surface area contributed by atoms with Gasteiger partial charge in [0.05, 0.1) is 33.3 Å². The van der Waals surface area contributed by atoms with Gasteiger partial charge >= 0.3 is 0 Å². The number of hydrogen-bond acceptors (Lipinski definition) is 4. The van der Waals surface area contributed by atoms with Gasteiger partial charge in [-0.05, 0) is 82.2 Å². The van der Waals surface area contributed by atoms with Crippen molar-refractivity contribution in [1.29, 1.82) is 0 Å². The second-order valence-electron chi connectivity index (χ2n) is 11.6. The summed E-state index contributed by atoms with van der Waals surface area (Å²) in [5, 5.41) is 6.11. The van der Waals surface area contributed by atoms with Crippen LogP contribution in [0.25, 0.3) is 53.8 Å². The predicted octanol–water partition coefficient (Wildman–Crippen LogP) is 12.0. The number of rotatable bonds is 3. The number of hydrogen-bond donors (Lipinski definition) is 0. The third kappa shape index (κ3) is 3.60. The molecule has 1 aliphatic carbocycles. The maximum absolute atomic E-state index is 5.19. The smallest absolute Gasteiger partial charge is 0.124 e. The zero-order chi connectivity index (χ0) is 29.5. The monoisotopic (exact) mass is 591 g/mol. The fourth-order valence-electron chi connectivity index (χ4n) is 7.10. The molecule has 0 atom stereocenters. The highest BCUT2D eigenvalue weighted by Gasteiger charge is 2.31. The Kier molecular flexibility index (Phi) is 5.16. The number of benzene rings is 7. The Morgan fingerprint density at radius 2 is 1.00 bits per heavy atom. The molecule has 0 radical (unpaired) electrons. The Labute approximate surface area is 264 Å². The van der Waals surface area contributed by atoms with Gasteiger partial charge in [0.25, 0.3) is 0 Å². The number of nitrogens with zero attached hydrogens (tertiary/aromatic N) is 3. The second kappa shape index (κ2) is 9.39. The first-order valence-corrected chi connectivity index (χ1v) is 16.0. The Morgan fingerprint density at radius 3 is 1.67 bits per heavy atom. The molecule has 4 heteroatoms. The van der Waals surface area contributed by atoms with Crippen molar-refractivity contribution in [2.45, 2.75) is 0 Å². The summed E-state index contributed by atoms with van der Waals surface area (Å²) < 4.78 is 0. The molecule has 0 spiro atoms. The van der Waals surface area contributed by atoms with Gasteiger partial charge in [-0.15, -0.1) is 11.3 Å². The van der Waals surface area contributed by atoms with E-state index in [1.54, 1.807) is 11.3 Å². The Balaban J connectivity index is 1.11. The average molecular weight is 592 g/mol. The summed E-state index contributed by atoms with van der Waals surface area (Å²) in [5.41, 5.74) is 11.7. The molecule has 0 N–H and O–H groups in total. The fourth-order valence-corrected chi connectivity index (χ4v) is 8.22. The van der Waals surface area contributed by atoms with Crippen LogP contribution in [0.3, 0.4) is 0 Å². The van der Waals surface area contributed by atoms with Gasteiger partial charge in [0.15, 0.2) is 0 Å². The van der Waals surface area contributed by atoms with Crippen LogP contribution >= 0.6 is 11.3 Å². The highest BCUT2D eigenvalue weighted by Crippen LogP contribution is 2.55. The van der Waals surface area contributed by atoms with Gasteiger partial charge in [-0.1, -0.05) is 91.0 Å². The highest BCUT2D eigenvalue weighted by atomic mass is 32.1. The highest BCUT2D eigenvalue weighted by molar-refractivity contribution is 7.19. The maximum atomic E-state index is 5.19. The molecule has 0 saturated heterocycles. The molecule has 1 aromatic heterocycles. The Hall–Kier alpha value is -5.71. The molecule has 0 saturated carbocycles. The van der Waals surface area contributed by atoms with Crippen LogP contribution in [0.4, 0.5) is 34.1 Å².